The van der Waals surface area contributed by atoms with Gasteiger partial charge in [0.05, 0.1) is 6.42 Å². The number of nitrogens with one attached hydrogen (secondary N) is 1. The van der Waals surface area contributed by atoms with Gasteiger partial charge in [0.15, 0.2) is 0 Å². The molecule has 1 aliphatic rings. The van der Waals surface area contributed by atoms with Gasteiger partial charge in [-0.05, 0) is 13.8 Å². The van der Waals surface area contributed by atoms with E-state index in [2.05, 4.69) is 5.32 Å². The first-order chi connectivity index (χ1) is 9.57. The SMILES string of the molecule is CN1CCN(C(=O)N[C@@H](CC(=O)O)C(=O)O)C(C)(C)C1=O. The van der Waals surface area contributed by atoms with E-state index in [-0.39, 0.29) is 12.5 Å². The van der Waals surface area contributed by atoms with Crippen LogP contribution >= 0.6 is 0 Å². The average Bonchev–Trinajstić information content (AvgIpc) is 2.34. The normalized spacial score (nSPS) is 19.1. The summed E-state index contributed by atoms with van der Waals surface area (Å²) in [6.45, 7) is 3.67. The molecule has 9 heteroatoms. The molecule has 0 radical (unpaired) electrons. The maximum absolute atomic E-state index is 12.2. The van der Waals surface area contributed by atoms with Gasteiger partial charge in [-0.25, -0.2) is 9.59 Å². The quantitative estimate of drug-likeness (QED) is 0.622. The summed E-state index contributed by atoms with van der Waals surface area (Å²) >= 11 is 0. The number of rotatable bonds is 4. The van der Waals surface area contributed by atoms with Gasteiger partial charge >= 0.3 is 18.0 Å². The fourth-order valence-electron chi connectivity index (χ4n) is 2.17. The summed E-state index contributed by atoms with van der Waals surface area (Å²) in [5, 5.41) is 19.7. The van der Waals surface area contributed by atoms with Crippen molar-refractivity contribution in [2.24, 2.45) is 0 Å². The molecule has 0 spiro atoms. The summed E-state index contributed by atoms with van der Waals surface area (Å²) in [5.74, 6) is -3.05. The standard InChI is InChI=1S/C12H19N3O6/c1-12(2)10(20)14(3)4-5-15(12)11(21)13-7(9(18)19)6-8(16)17/h7H,4-6H2,1-3H3,(H,13,21)(H,16,17)(H,18,19)/t7-/m0/s1. The van der Waals surface area contributed by atoms with Crippen LogP contribution in [0.25, 0.3) is 0 Å². The molecule has 3 N–H and O–H groups in total. The highest BCUT2D eigenvalue weighted by atomic mass is 16.4. The van der Waals surface area contributed by atoms with Gasteiger partial charge < -0.3 is 25.3 Å². The van der Waals surface area contributed by atoms with Crippen LogP contribution in [0.15, 0.2) is 0 Å². The van der Waals surface area contributed by atoms with Crippen LogP contribution < -0.4 is 5.32 Å². The molecule has 0 bridgehead atoms. The van der Waals surface area contributed by atoms with E-state index in [9.17, 15) is 19.2 Å². The Labute approximate surface area is 121 Å². The maximum atomic E-state index is 12.2. The van der Waals surface area contributed by atoms with E-state index in [0.29, 0.717) is 6.54 Å². The van der Waals surface area contributed by atoms with Crippen molar-refractivity contribution in [1.29, 1.82) is 0 Å². The molecule has 21 heavy (non-hydrogen) atoms. The van der Waals surface area contributed by atoms with Crippen molar-refractivity contribution in [3.8, 4) is 0 Å². The third-order valence-electron chi connectivity index (χ3n) is 3.42. The summed E-state index contributed by atoms with van der Waals surface area (Å²) in [6, 6.07) is -2.31. The summed E-state index contributed by atoms with van der Waals surface area (Å²) in [7, 11) is 1.61. The minimum atomic E-state index is -1.54. The van der Waals surface area contributed by atoms with Gasteiger partial charge in [0.25, 0.3) is 0 Å². The molecule has 9 nitrogen and oxygen atoms in total. The molecule has 0 aliphatic carbocycles. The Bertz CT molecular complexity index is 476. The number of urea groups is 1. The topological polar surface area (TPSA) is 127 Å². The summed E-state index contributed by atoms with van der Waals surface area (Å²) in [5.41, 5.74) is -1.12. The average molecular weight is 301 g/mol. The number of carboxylic acid groups (broad SMARTS) is 2. The lowest BCUT2D eigenvalue weighted by atomic mass is 9.98. The van der Waals surface area contributed by atoms with E-state index in [0.717, 1.165) is 0 Å². The first-order valence-corrected chi connectivity index (χ1v) is 6.35. The minimum Gasteiger partial charge on any atom is -0.481 e. The lowest BCUT2D eigenvalue weighted by Crippen LogP contribution is -2.66. The van der Waals surface area contributed by atoms with E-state index >= 15 is 0 Å². The second-order valence-electron chi connectivity index (χ2n) is 5.38. The zero-order chi connectivity index (χ0) is 16.4. The predicted octanol–water partition coefficient (Wildman–Crippen LogP) is -0.823. The smallest absolute Gasteiger partial charge is 0.326 e. The van der Waals surface area contributed by atoms with Gasteiger partial charge in [-0.15, -0.1) is 0 Å². The van der Waals surface area contributed by atoms with Crippen LogP contribution in [0.1, 0.15) is 20.3 Å². The fourth-order valence-corrected chi connectivity index (χ4v) is 2.17. The zero-order valence-electron chi connectivity index (χ0n) is 12.1. The number of aliphatic carboxylic acids is 2. The lowest BCUT2D eigenvalue weighted by molar-refractivity contribution is -0.146. The highest BCUT2D eigenvalue weighted by Crippen LogP contribution is 2.21. The molecule has 1 atom stereocenters. The van der Waals surface area contributed by atoms with Crippen LogP contribution in [0.3, 0.4) is 0 Å². The van der Waals surface area contributed by atoms with Crippen molar-refractivity contribution in [2.75, 3.05) is 20.1 Å². The third kappa shape index (κ3) is 3.61. The Morgan fingerprint density at radius 1 is 1.29 bits per heavy atom. The second-order valence-corrected chi connectivity index (χ2v) is 5.38. The molecule has 3 amide bonds. The molecule has 118 valence electrons. The first kappa shape index (κ1) is 16.7. The van der Waals surface area contributed by atoms with Crippen molar-refractivity contribution in [3.05, 3.63) is 0 Å². The Morgan fingerprint density at radius 2 is 1.86 bits per heavy atom. The number of carbonyl (C=O) groups is 4. The van der Waals surface area contributed by atoms with Crippen LogP contribution in [0, 0.1) is 0 Å². The number of piperazine rings is 1. The first-order valence-electron chi connectivity index (χ1n) is 6.35. The van der Waals surface area contributed by atoms with Gasteiger partial charge in [0, 0.05) is 20.1 Å². The lowest BCUT2D eigenvalue weighted by Gasteiger charge is -2.44. The van der Waals surface area contributed by atoms with Crippen LogP contribution in [0.5, 0.6) is 0 Å². The molecular weight excluding hydrogens is 282 g/mol. The monoisotopic (exact) mass is 301 g/mol. The number of likely N-dealkylation sites (N-methyl/N-ethyl adjacent to an activating group) is 1. The van der Waals surface area contributed by atoms with Gasteiger partial charge in [-0.2, -0.15) is 0 Å². The summed E-state index contributed by atoms with van der Waals surface area (Å²) in [4.78, 5) is 48.5. The van der Waals surface area contributed by atoms with Crippen molar-refractivity contribution in [3.63, 3.8) is 0 Å². The van der Waals surface area contributed by atoms with E-state index < -0.39 is 36.0 Å². The zero-order valence-corrected chi connectivity index (χ0v) is 12.1. The molecular formula is C12H19N3O6. The van der Waals surface area contributed by atoms with E-state index in [1.165, 1.54) is 9.80 Å². The largest absolute Gasteiger partial charge is 0.481 e. The van der Waals surface area contributed by atoms with Crippen LogP contribution in [-0.2, 0) is 14.4 Å². The number of hydrogen-bond acceptors (Lipinski definition) is 4. The van der Waals surface area contributed by atoms with Gasteiger partial charge in [0.1, 0.15) is 11.6 Å². The molecule has 0 saturated carbocycles. The van der Waals surface area contributed by atoms with Gasteiger partial charge in [0.2, 0.25) is 5.91 Å². The Morgan fingerprint density at radius 3 is 2.33 bits per heavy atom. The van der Waals surface area contributed by atoms with Crippen molar-refractivity contribution in [2.45, 2.75) is 31.8 Å². The molecule has 1 aliphatic heterocycles. The van der Waals surface area contributed by atoms with E-state index in [1.807, 2.05) is 0 Å². The van der Waals surface area contributed by atoms with E-state index in [4.69, 9.17) is 10.2 Å². The molecule has 1 fully saturated rings. The summed E-state index contributed by atoms with van der Waals surface area (Å²) < 4.78 is 0. The highest BCUT2D eigenvalue weighted by Gasteiger charge is 2.43. The van der Waals surface area contributed by atoms with Crippen molar-refractivity contribution in [1.82, 2.24) is 15.1 Å². The summed E-state index contributed by atoms with van der Waals surface area (Å²) in [6.07, 6.45) is -0.733. The molecule has 0 aromatic rings. The van der Waals surface area contributed by atoms with Crippen LogP contribution in [0.4, 0.5) is 4.79 Å². The number of amides is 3. The Hall–Kier alpha value is -2.32. The molecule has 1 heterocycles. The van der Waals surface area contributed by atoms with Crippen molar-refractivity contribution >= 4 is 23.9 Å². The highest BCUT2D eigenvalue weighted by molar-refractivity contribution is 5.93. The number of carboxylic acids is 2. The van der Waals surface area contributed by atoms with Crippen LogP contribution in [-0.4, -0.2) is 75.6 Å². The number of hydrogen-bond donors (Lipinski definition) is 3. The maximum Gasteiger partial charge on any atom is 0.326 e. The molecule has 1 rings (SSSR count). The third-order valence-corrected chi connectivity index (χ3v) is 3.42. The number of carbonyl (C=O) groups excluding carboxylic acids is 2. The minimum absolute atomic E-state index is 0.237. The fraction of sp³-hybridized carbons (Fsp3) is 0.667. The number of nitrogens with zero attached hydrogens (tertiary/aromatic N) is 2. The Kier molecular flexibility index (Phi) is 4.77. The molecule has 0 aromatic heterocycles. The van der Waals surface area contributed by atoms with E-state index in [1.54, 1.807) is 20.9 Å². The molecule has 0 aromatic carbocycles. The molecule has 1 saturated heterocycles. The second kappa shape index (κ2) is 5.98. The van der Waals surface area contributed by atoms with Gasteiger partial charge in [-0.1, -0.05) is 0 Å². The van der Waals surface area contributed by atoms with Crippen molar-refractivity contribution < 1.29 is 29.4 Å². The predicted molar refractivity (Wildman–Crippen MR) is 70.6 cm³/mol. The van der Waals surface area contributed by atoms with Gasteiger partial charge in [-0.3, -0.25) is 9.59 Å². The Balaban J connectivity index is 2.85. The molecule has 0 unspecified atom stereocenters. The van der Waals surface area contributed by atoms with Crippen LogP contribution in [0.2, 0.25) is 0 Å².